The lowest BCUT2D eigenvalue weighted by Gasteiger charge is -2.20. The zero-order valence-corrected chi connectivity index (χ0v) is 15.6. The summed E-state index contributed by atoms with van der Waals surface area (Å²) in [5, 5.41) is 9.83. The minimum absolute atomic E-state index is 0.00174. The van der Waals surface area contributed by atoms with Crippen LogP contribution < -0.4 is 16.2 Å². The smallest absolute Gasteiger partial charge is 0.252 e. The van der Waals surface area contributed by atoms with Crippen LogP contribution in [-0.4, -0.2) is 11.0 Å². The Bertz CT molecular complexity index is 1060. The SMILES string of the molecule is NC(=O)c1ccc(Oc2ccc(C(N)C3Cc4ccccc4C3)cc2F)cc1O. The van der Waals surface area contributed by atoms with Crippen LogP contribution in [0.3, 0.4) is 0 Å². The second kappa shape index (κ2) is 7.56. The molecule has 0 radical (unpaired) electrons. The summed E-state index contributed by atoms with van der Waals surface area (Å²) in [7, 11) is 0. The Morgan fingerprint density at radius 2 is 1.76 bits per heavy atom. The number of phenols is 1. The normalized spacial score (nSPS) is 14.4. The van der Waals surface area contributed by atoms with Crippen molar-refractivity contribution in [1.82, 2.24) is 0 Å². The van der Waals surface area contributed by atoms with Crippen molar-refractivity contribution in [2.45, 2.75) is 18.9 Å². The van der Waals surface area contributed by atoms with Crippen molar-refractivity contribution >= 4 is 5.91 Å². The Balaban J connectivity index is 1.50. The van der Waals surface area contributed by atoms with Gasteiger partial charge in [0.1, 0.15) is 11.5 Å². The minimum Gasteiger partial charge on any atom is -0.507 e. The monoisotopic (exact) mass is 392 g/mol. The molecule has 1 unspecified atom stereocenters. The van der Waals surface area contributed by atoms with Crippen molar-refractivity contribution in [3.63, 3.8) is 0 Å². The molecule has 0 fully saturated rings. The first kappa shape index (κ1) is 19.0. The van der Waals surface area contributed by atoms with E-state index in [-0.39, 0.29) is 34.8 Å². The maximum atomic E-state index is 14.6. The highest BCUT2D eigenvalue weighted by Crippen LogP contribution is 2.36. The van der Waals surface area contributed by atoms with E-state index in [0.717, 1.165) is 12.8 Å². The first-order valence-electron chi connectivity index (χ1n) is 9.35. The molecule has 5 N–H and O–H groups in total. The Morgan fingerprint density at radius 3 is 2.34 bits per heavy atom. The van der Waals surface area contributed by atoms with Gasteiger partial charge < -0.3 is 21.3 Å². The van der Waals surface area contributed by atoms with Gasteiger partial charge in [0.2, 0.25) is 0 Å². The summed E-state index contributed by atoms with van der Waals surface area (Å²) in [5.74, 6) is -1.22. The number of carbonyl (C=O) groups excluding carboxylic acids is 1. The number of carbonyl (C=O) groups is 1. The summed E-state index contributed by atoms with van der Waals surface area (Å²) in [6.45, 7) is 0. The number of amides is 1. The first-order chi connectivity index (χ1) is 13.9. The number of hydrogen-bond donors (Lipinski definition) is 3. The predicted octanol–water partition coefficient (Wildman–Crippen LogP) is 3.84. The fourth-order valence-corrected chi connectivity index (χ4v) is 3.84. The average Bonchev–Trinajstić information content (AvgIpc) is 3.13. The largest absolute Gasteiger partial charge is 0.507 e. The number of hydrogen-bond acceptors (Lipinski definition) is 4. The van der Waals surface area contributed by atoms with E-state index >= 15 is 0 Å². The molecule has 1 amide bonds. The van der Waals surface area contributed by atoms with Crippen LogP contribution in [-0.2, 0) is 12.8 Å². The van der Waals surface area contributed by atoms with Crippen molar-refractivity contribution < 1.29 is 19.0 Å². The second-order valence-electron chi connectivity index (χ2n) is 7.30. The molecule has 0 aliphatic heterocycles. The van der Waals surface area contributed by atoms with Gasteiger partial charge in [-0.25, -0.2) is 4.39 Å². The highest BCUT2D eigenvalue weighted by atomic mass is 19.1. The van der Waals surface area contributed by atoms with Gasteiger partial charge in [-0.05, 0) is 59.7 Å². The molecule has 1 aliphatic carbocycles. The number of benzene rings is 3. The van der Waals surface area contributed by atoms with Gasteiger partial charge in [0.25, 0.3) is 5.91 Å². The molecule has 4 rings (SSSR count). The molecule has 1 aliphatic rings. The molecule has 0 aromatic heterocycles. The minimum atomic E-state index is -0.757. The van der Waals surface area contributed by atoms with Crippen molar-refractivity contribution in [3.8, 4) is 17.2 Å². The van der Waals surface area contributed by atoms with E-state index in [1.165, 1.54) is 41.5 Å². The van der Waals surface area contributed by atoms with Gasteiger partial charge in [-0.2, -0.15) is 0 Å². The third kappa shape index (κ3) is 3.79. The van der Waals surface area contributed by atoms with E-state index in [2.05, 4.69) is 12.1 Å². The number of halogens is 1. The van der Waals surface area contributed by atoms with Gasteiger partial charge in [-0.3, -0.25) is 4.79 Å². The molecule has 0 saturated heterocycles. The molecule has 0 spiro atoms. The summed E-state index contributed by atoms with van der Waals surface area (Å²) in [6.07, 6.45) is 1.76. The van der Waals surface area contributed by atoms with Crippen molar-refractivity contribution in [3.05, 3.63) is 88.7 Å². The number of rotatable bonds is 5. The van der Waals surface area contributed by atoms with Gasteiger partial charge in [0.15, 0.2) is 11.6 Å². The van der Waals surface area contributed by atoms with Crippen LogP contribution in [0, 0.1) is 11.7 Å². The highest BCUT2D eigenvalue weighted by Gasteiger charge is 2.27. The Hall–Kier alpha value is -3.38. The molecule has 3 aromatic rings. The predicted molar refractivity (Wildman–Crippen MR) is 107 cm³/mol. The van der Waals surface area contributed by atoms with Gasteiger partial charge in [0.05, 0.1) is 5.56 Å². The summed E-state index contributed by atoms with van der Waals surface area (Å²) in [6, 6.07) is 16.6. The molecule has 148 valence electrons. The standard InChI is InChI=1S/C23H21FN2O3/c24-19-11-15(22(25)16-9-13-3-1-2-4-14(13)10-16)5-8-21(19)29-17-6-7-18(23(26)28)20(27)12-17/h1-8,11-12,16,22,27H,9-10,25H2,(H2,26,28). The molecule has 0 bridgehead atoms. The molecule has 1 atom stereocenters. The van der Waals surface area contributed by atoms with E-state index in [4.69, 9.17) is 16.2 Å². The van der Waals surface area contributed by atoms with Gasteiger partial charge >= 0.3 is 0 Å². The Morgan fingerprint density at radius 1 is 1.07 bits per heavy atom. The summed E-state index contributed by atoms with van der Waals surface area (Å²) in [4.78, 5) is 11.2. The molecular weight excluding hydrogens is 371 g/mol. The third-order valence-corrected chi connectivity index (χ3v) is 5.39. The number of aromatic hydroxyl groups is 1. The lowest BCUT2D eigenvalue weighted by Crippen LogP contribution is -2.22. The van der Waals surface area contributed by atoms with Crippen LogP contribution in [0.4, 0.5) is 4.39 Å². The highest BCUT2D eigenvalue weighted by molar-refractivity contribution is 5.95. The van der Waals surface area contributed by atoms with Crippen LogP contribution in [0.25, 0.3) is 0 Å². The lowest BCUT2D eigenvalue weighted by molar-refractivity contribution is 0.0997. The quantitative estimate of drug-likeness (QED) is 0.614. The molecule has 3 aromatic carbocycles. The number of ether oxygens (including phenoxy) is 1. The van der Waals surface area contributed by atoms with E-state index in [1.54, 1.807) is 6.07 Å². The molecule has 5 nitrogen and oxygen atoms in total. The fraction of sp³-hybridized carbons (Fsp3) is 0.174. The fourth-order valence-electron chi connectivity index (χ4n) is 3.84. The van der Waals surface area contributed by atoms with E-state index in [9.17, 15) is 14.3 Å². The van der Waals surface area contributed by atoms with Crippen molar-refractivity contribution in [2.75, 3.05) is 0 Å². The van der Waals surface area contributed by atoms with E-state index < -0.39 is 11.7 Å². The average molecular weight is 392 g/mol. The molecule has 6 heteroatoms. The van der Waals surface area contributed by atoms with Gasteiger partial charge in [0, 0.05) is 12.1 Å². The Kier molecular flexibility index (Phi) is 4.94. The molecule has 0 heterocycles. The van der Waals surface area contributed by atoms with E-state index in [0.29, 0.717) is 5.56 Å². The number of nitrogens with two attached hydrogens (primary N) is 2. The summed E-state index contributed by atoms with van der Waals surface area (Å²) in [5.41, 5.74) is 14.9. The van der Waals surface area contributed by atoms with Crippen LogP contribution >= 0.6 is 0 Å². The maximum Gasteiger partial charge on any atom is 0.252 e. The maximum absolute atomic E-state index is 14.6. The van der Waals surface area contributed by atoms with Crippen molar-refractivity contribution in [1.29, 1.82) is 0 Å². The van der Waals surface area contributed by atoms with Crippen molar-refractivity contribution in [2.24, 2.45) is 17.4 Å². The zero-order valence-electron chi connectivity index (χ0n) is 15.6. The topological polar surface area (TPSA) is 98.6 Å². The Labute approximate surface area is 167 Å². The zero-order chi connectivity index (χ0) is 20.5. The third-order valence-electron chi connectivity index (χ3n) is 5.39. The van der Waals surface area contributed by atoms with Gasteiger partial charge in [-0.15, -0.1) is 0 Å². The first-order valence-corrected chi connectivity index (χ1v) is 9.35. The van der Waals surface area contributed by atoms with E-state index in [1.807, 2.05) is 12.1 Å². The van der Waals surface area contributed by atoms with Crippen LogP contribution in [0.15, 0.2) is 60.7 Å². The second-order valence-corrected chi connectivity index (χ2v) is 7.30. The number of fused-ring (bicyclic) bond motifs is 1. The summed E-state index contributed by atoms with van der Waals surface area (Å²) < 4.78 is 20.1. The van der Waals surface area contributed by atoms with Gasteiger partial charge in [-0.1, -0.05) is 30.3 Å². The molecular formula is C23H21FN2O3. The van der Waals surface area contributed by atoms with Crippen LogP contribution in [0.1, 0.15) is 33.1 Å². The molecule has 29 heavy (non-hydrogen) atoms. The van der Waals surface area contributed by atoms with Crippen LogP contribution in [0.5, 0.6) is 17.2 Å². The lowest BCUT2D eigenvalue weighted by atomic mass is 9.91. The summed E-state index contributed by atoms with van der Waals surface area (Å²) >= 11 is 0. The number of primary amides is 1. The van der Waals surface area contributed by atoms with Crippen LogP contribution in [0.2, 0.25) is 0 Å². The molecule has 0 saturated carbocycles.